The summed E-state index contributed by atoms with van der Waals surface area (Å²) < 4.78 is 4.63. The molecule has 0 spiro atoms. The van der Waals surface area contributed by atoms with Gasteiger partial charge in [-0.15, -0.1) is 11.3 Å². The number of thiophene rings is 1. The van der Waals surface area contributed by atoms with Crippen LogP contribution in [-0.4, -0.2) is 32.5 Å². The third kappa shape index (κ3) is 5.58. The number of hydrogen-bond donors (Lipinski definition) is 2. The molecule has 3 heterocycles. The molecule has 0 bridgehead atoms. The first-order chi connectivity index (χ1) is 13.7. The number of rotatable bonds is 7. The van der Waals surface area contributed by atoms with Crippen molar-refractivity contribution in [3.8, 4) is 0 Å². The van der Waals surface area contributed by atoms with Crippen molar-refractivity contribution in [2.45, 2.75) is 90.0 Å². The molecular formula is C22H33N5S2. The fourth-order valence-electron chi connectivity index (χ4n) is 4.69. The lowest BCUT2D eigenvalue weighted by Crippen LogP contribution is -2.61. The van der Waals surface area contributed by atoms with E-state index in [9.17, 15) is 0 Å². The van der Waals surface area contributed by atoms with Crippen molar-refractivity contribution in [1.29, 1.82) is 0 Å². The molecule has 5 nitrogen and oxygen atoms in total. The van der Waals surface area contributed by atoms with Gasteiger partial charge < -0.3 is 15.5 Å². The molecule has 29 heavy (non-hydrogen) atoms. The molecule has 2 aromatic heterocycles. The minimum absolute atomic E-state index is 0.137. The minimum Gasteiger partial charge on any atom is -0.386 e. The van der Waals surface area contributed by atoms with E-state index in [1.54, 1.807) is 0 Å². The first-order valence-electron chi connectivity index (χ1n) is 10.6. The maximum atomic E-state index is 4.85. The van der Waals surface area contributed by atoms with Crippen molar-refractivity contribution in [1.82, 2.24) is 20.0 Å². The van der Waals surface area contributed by atoms with Crippen LogP contribution in [0.3, 0.4) is 0 Å². The monoisotopic (exact) mass is 431 g/mol. The molecule has 0 amide bonds. The second-order valence-corrected chi connectivity index (χ2v) is 11.6. The van der Waals surface area contributed by atoms with Crippen molar-refractivity contribution >= 4 is 34.1 Å². The van der Waals surface area contributed by atoms with Crippen LogP contribution >= 0.6 is 22.9 Å². The summed E-state index contributed by atoms with van der Waals surface area (Å²) in [5, 5.41) is 10.7. The zero-order valence-electron chi connectivity index (χ0n) is 18.2. The molecule has 1 saturated heterocycles. The molecule has 2 aromatic rings. The minimum atomic E-state index is 0.137. The quantitative estimate of drug-likeness (QED) is 0.644. The van der Waals surface area contributed by atoms with Gasteiger partial charge in [-0.1, -0.05) is 6.07 Å². The Kier molecular flexibility index (Phi) is 5.75. The maximum absolute atomic E-state index is 4.85. The second-order valence-electron chi connectivity index (χ2n) is 9.84. The summed E-state index contributed by atoms with van der Waals surface area (Å²) in [5.74, 6) is 0.819. The largest absolute Gasteiger partial charge is 0.386 e. The van der Waals surface area contributed by atoms with Crippen LogP contribution in [0.2, 0.25) is 0 Å². The Hall–Kier alpha value is -1.44. The topological polar surface area (TPSA) is 53.1 Å². The summed E-state index contributed by atoms with van der Waals surface area (Å²) in [4.78, 5) is 8.67. The van der Waals surface area contributed by atoms with E-state index in [-0.39, 0.29) is 11.1 Å². The first kappa shape index (κ1) is 20.8. The number of allylic oxidation sites excluding steroid dienone is 1. The van der Waals surface area contributed by atoms with Gasteiger partial charge in [0, 0.05) is 51.3 Å². The normalized spacial score (nSPS) is 21.9. The Balaban J connectivity index is 1.42. The number of piperidine rings is 1. The molecule has 158 valence electrons. The van der Waals surface area contributed by atoms with E-state index in [1.165, 1.54) is 29.3 Å². The molecule has 1 saturated carbocycles. The zero-order chi connectivity index (χ0) is 20.6. The standard InChI is InChI=1S/C22H33N5S2/c1-15(23-16-12-21(2,3)26-22(4,5)13-16)11-19-24-20(29-25-19)27(17-8-9-17)14-18-7-6-10-28-18/h6-7,10-11,16-17,23,26H,8-9,12-14H2,1-5H3. The molecule has 4 rings (SSSR count). The summed E-state index contributed by atoms with van der Waals surface area (Å²) in [6.45, 7) is 12.2. The molecule has 2 aliphatic rings. The smallest absolute Gasteiger partial charge is 0.206 e. The van der Waals surface area contributed by atoms with Crippen LogP contribution in [0.1, 0.15) is 71.0 Å². The highest BCUT2D eigenvalue weighted by atomic mass is 32.1. The fraction of sp³-hybridized carbons (Fsp3) is 0.636. The summed E-state index contributed by atoms with van der Waals surface area (Å²) >= 11 is 3.34. The summed E-state index contributed by atoms with van der Waals surface area (Å²) in [7, 11) is 0. The third-order valence-electron chi connectivity index (χ3n) is 5.54. The lowest BCUT2D eigenvalue weighted by Gasteiger charge is -2.47. The number of nitrogens with zero attached hydrogens (tertiary/aromatic N) is 3. The maximum Gasteiger partial charge on any atom is 0.206 e. The average molecular weight is 432 g/mol. The molecule has 1 aliphatic heterocycles. The number of hydrogen-bond acceptors (Lipinski definition) is 7. The van der Waals surface area contributed by atoms with Gasteiger partial charge in [0.05, 0.1) is 6.54 Å². The van der Waals surface area contributed by atoms with Crippen molar-refractivity contribution in [2.24, 2.45) is 0 Å². The van der Waals surface area contributed by atoms with Crippen LogP contribution in [0.25, 0.3) is 6.08 Å². The lowest BCUT2D eigenvalue weighted by atomic mass is 9.79. The van der Waals surface area contributed by atoms with E-state index in [0.29, 0.717) is 12.1 Å². The second kappa shape index (κ2) is 8.00. The Labute approximate surface area is 182 Å². The molecule has 0 unspecified atom stereocenters. The van der Waals surface area contributed by atoms with Gasteiger partial charge in [0.25, 0.3) is 0 Å². The van der Waals surface area contributed by atoms with Gasteiger partial charge in [0.2, 0.25) is 5.13 Å². The first-order valence-corrected chi connectivity index (χ1v) is 12.2. The van der Waals surface area contributed by atoms with Crippen LogP contribution in [0.4, 0.5) is 5.13 Å². The average Bonchev–Trinajstić information content (AvgIpc) is 3.09. The van der Waals surface area contributed by atoms with Gasteiger partial charge in [-0.3, -0.25) is 0 Å². The highest BCUT2D eigenvalue weighted by Crippen LogP contribution is 2.35. The van der Waals surface area contributed by atoms with Gasteiger partial charge in [-0.05, 0) is 71.7 Å². The Morgan fingerprint density at radius 1 is 1.28 bits per heavy atom. The Bertz CT molecular complexity index is 832. The Morgan fingerprint density at radius 2 is 2.00 bits per heavy atom. The van der Waals surface area contributed by atoms with Crippen LogP contribution in [0, 0.1) is 0 Å². The summed E-state index contributed by atoms with van der Waals surface area (Å²) in [5.41, 5.74) is 1.42. The fourth-order valence-corrected chi connectivity index (χ4v) is 6.12. The van der Waals surface area contributed by atoms with Gasteiger partial charge in [-0.25, -0.2) is 0 Å². The molecular weight excluding hydrogens is 398 g/mol. The van der Waals surface area contributed by atoms with Gasteiger partial charge >= 0.3 is 0 Å². The summed E-state index contributed by atoms with van der Waals surface area (Å²) in [6, 6.07) is 5.41. The van der Waals surface area contributed by atoms with E-state index >= 15 is 0 Å². The van der Waals surface area contributed by atoms with Crippen LogP contribution < -0.4 is 15.5 Å². The van der Waals surface area contributed by atoms with Gasteiger partial charge in [0.15, 0.2) is 5.82 Å². The van der Waals surface area contributed by atoms with Crippen LogP contribution in [0.15, 0.2) is 23.2 Å². The van der Waals surface area contributed by atoms with Crippen molar-refractivity contribution in [3.05, 3.63) is 33.9 Å². The Morgan fingerprint density at radius 3 is 2.62 bits per heavy atom. The van der Waals surface area contributed by atoms with Crippen molar-refractivity contribution in [3.63, 3.8) is 0 Å². The van der Waals surface area contributed by atoms with Crippen LogP contribution in [-0.2, 0) is 6.54 Å². The molecule has 0 atom stereocenters. The van der Waals surface area contributed by atoms with E-state index in [4.69, 9.17) is 4.98 Å². The highest BCUT2D eigenvalue weighted by Gasteiger charge is 2.37. The lowest BCUT2D eigenvalue weighted by molar-refractivity contribution is 0.151. The van der Waals surface area contributed by atoms with E-state index in [1.807, 2.05) is 11.3 Å². The van der Waals surface area contributed by atoms with Crippen LogP contribution in [0.5, 0.6) is 0 Å². The molecule has 2 fully saturated rings. The van der Waals surface area contributed by atoms with Gasteiger partial charge in [0.1, 0.15) is 0 Å². The van der Waals surface area contributed by atoms with Gasteiger partial charge in [-0.2, -0.15) is 9.36 Å². The van der Waals surface area contributed by atoms with E-state index < -0.39 is 0 Å². The molecule has 1 aliphatic carbocycles. The third-order valence-corrected chi connectivity index (χ3v) is 7.17. The molecule has 0 radical (unpaired) electrons. The predicted molar refractivity (Wildman–Crippen MR) is 125 cm³/mol. The summed E-state index contributed by atoms with van der Waals surface area (Å²) in [6.07, 6.45) is 6.83. The van der Waals surface area contributed by atoms with Crippen molar-refractivity contribution < 1.29 is 0 Å². The molecule has 7 heteroatoms. The SMILES string of the molecule is CC(=Cc1nsc(N(Cc2cccs2)C2CC2)n1)NC1CC(C)(C)NC(C)(C)C1. The molecule has 2 N–H and O–H groups in total. The highest BCUT2D eigenvalue weighted by molar-refractivity contribution is 7.10. The molecule has 0 aromatic carbocycles. The number of nitrogens with one attached hydrogen (secondary N) is 2. The predicted octanol–water partition coefficient (Wildman–Crippen LogP) is 5.03. The number of anilines is 1. The van der Waals surface area contributed by atoms with Crippen molar-refractivity contribution in [2.75, 3.05) is 4.90 Å². The number of aromatic nitrogens is 2. The van der Waals surface area contributed by atoms with E-state index in [0.717, 1.165) is 36.0 Å². The van der Waals surface area contributed by atoms with E-state index in [2.05, 4.69) is 78.1 Å². The zero-order valence-corrected chi connectivity index (χ0v) is 19.8.